The van der Waals surface area contributed by atoms with Gasteiger partial charge in [0.15, 0.2) is 11.6 Å². The molecule has 3 aromatic carbocycles. The second-order valence-corrected chi connectivity index (χ2v) is 6.62. The number of carbonyl (C=O) groups is 1. The molecule has 1 aromatic heterocycles. The summed E-state index contributed by atoms with van der Waals surface area (Å²) in [6.45, 7) is 0.529. The van der Waals surface area contributed by atoms with E-state index in [-0.39, 0.29) is 5.91 Å². The van der Waals surface area contributed by atoms with Crippen LogP contribution in [0.3, 0.4) is 0 Å². The van der Waals surface area contributed by atoms with Gasteiger partial charge in [0.2, 0.25) is 0 Å². The quantitative estimate of drug-likeness (QED) is 0.478. The molecule has 0 aliphatic heterocycles. The Bertz CT molecular complexity index is 1150. The van der Waals surface area contributed by atoms with Crippen LogP contribution in [-0.4, -0.2) is 17.5 Å². The van der Waals surface area contributed by atoms with Crippen LogP contribution >= 0.6 is 0 Å². The number of anilines is 1. The first kappa shape index (κ1) is 17.9. The molecule has 140 valence electrons. The van der Waals surface area contributed by atoms with Crippen LogP contribution in [0.1, 0.15) is 16.1 Å². The summed E-state index contributed by atoms with van der Waals surface area (Å²) in [5.41, 5.74) is 2.78. The SMILES string of the molecule is CN(C(=O)c1cc2ccccc2n1Cc1ccccc1)c1ccc(F)c(F)c1. The molecule has 0 radical (unpaired) electrons. The zero-order valence-corrected chi connectivity index (χ0v) is 15.3. The third kappa shape index (κ3) is 3.27. The number of benzene rings is 3. The van der Waals surface area contributed by atoms with E-state index in [1.165, 1.54) is 11.0 Å². The average molecular weight is 376 g/mol. The Hall–Kier alpha value is -3.47. The van der Waals surface area contributed by atoms with Gasteiger partial charge in [-0.3, -0.25) is 4.79 Å². The minimum absolute atomic E-state index is 0.292. The maximum atomic E-state index is 13.6. The molecule has 0 bridgehead atoms. The number of aromatic nitrogens is 1. The van der Waals surface area contributed by atoms with Crippen LogP contribution in [-0.2, 0) is 6.54 Å². The molecule has 3 nitrogen and oxygen atoms in total. The highest BCUT2D eigenvalue weighted by Crippen LogP contribution is 2.25. The molecule has 0 saturated carbocycles. The summed E-state index contributed by atoms with van der Waals surface area (Å²) in [7, 11) is 1.56. The maximum Gasteiger partial charge on any atom is 0.274 e. The van der Waals surface area contributed by atoms with Gasteiger partial charge in [0.1, 0.15) is 5.69 Å². The van der Waals surface area contributed by atoms with Gasteiger partial charge in [-0.1, -0.05) is 48.5 Å². The Kier molecular flexibility index (Phi) is 4.65. The molecule has 0 aliphatic rings. The van der Waals surface area contributed by atoms with Crippen molar-refractivity contribution in [2.24, 2.45) is 0 Å². The van der Waals surface area contributed by atoms with Gasteiger partial charge < -0.3 is 9.47 Å². The second kappa shape index (κ2) is 7.27. The molecule has 0 spiro atoms. The molecule has 28 heavy (non-hydrogen) atoms. The molecule has 0 saturated heterocycles. The standard InChI is InChI=1S/C23H18F2N2O/c1-26(18-11-12-19(24)20(25)14-18)23(28)22-13-17-9-5-6-10-21(17)27(22)15-16-7-3-2-4-8-16/h2-14H,15H2,1H3. The summed E-state index contributed by atoms with van der Waals surface area (Å²) in [4.78, 5) is 14.5. The predicted molar refractivity (Wildman–Crippen MR) is 107 cm³/mol. The Morgan fingerprint density at radius 2 is 1.61 bits per heavy atom. The molecule has 4 rings (SSSR count). The van der Waals surface area contributed by atoms with Crippen LogP contribution in [0, 0.1) is 11.6 Å². The normalized spacial score (nSPS) is 11.0. The third-order valence-electron chi connectivity index (χ3n) is 4.81. The highest BCUT2D eigenvalue weighted by Gasteiger charge is 2.21. The molecule has 1 heterocycles. The largest absolute Gasteiger partial charge is 0.332 e. The van der Waals surface area contributed by atoms with Crippen molar-refractivity contribution in [1.29, 1.82) is 0 Å². The fraction of sp³-hybridized carbons (Fsp3) is 0.0870. The molecular formula is C23H18F2N2O. The van der Waals surface area contributed by atoms with E-state index in [0.717, 1.165) is 28.6 Å². The Balaban J connectivity index is 1.77. The highest BCUT2D eigenvalue weighted by atomic mass is 19.2. The number of amides is 1. The molecule has 1 amide bonds. The van der Waals surface area contributed by atoms with Gasteiger partial charge in [-0.15, -0.1) is 0 Å². The highest BCUT2D eigenvalue weighted by molar-refractivity contribution is 6.07. The zero-order valence-electron chi connectivity index (χ0n) is 15.3. The van der Waals surface area contributed by atoms with Crippen molar-refractivity contribution in [3.8, 4) is 0 Å². The topological polar surface area (TPSA) is 25.2 Å². The van der Waals surface area contributed by atoms with Crippen molar-refractivity contribution in [3.63, 3.8) is 0 Å². The number of hydrogen-bond acceptors (Lipinski definition) is 1. The molecule has 4 aromatic rings. The van der Waals surface area contributed by atoms with Crippen LogP contribution in [0.25, 0.3) is 10.9 Å². The van der Waals surface area contributed by atoms with Crippen LogP contribution in [0.15, 0.2) is 78.9 Å². The van der Waals surface area contributed by atoms with Gasteiger partial charge in [-0.2, -0.15) is 0 Å². The van der Waals surface area contributed by atoms with E-state index in [2.05, 4.69) is 0 Å². The maximum absolute atomic E-state index is 13.6. The lowest BCUT2D eigenvalue weighted by atomic mass is 10.2. The van der Waals surface area contributed by atoms with Gasteiger partial charge in [-0.25, -0.2) is 8.78 Å². The number of rotatable bonds is 4. The summed E-state index contributed by atoms with van der Waals surface area (Å²) in [5.74, 6) is -2.22. The van der Waals surface area contributed by atoms with E-state index in [1.54, 1.807) is 7.05 Å². The van der Waals surface area contributed by atoms with Crippen LogP contribution < -0.4 is 4.90 Å². The van der Waals surface area contributed by atoms with Crippen LogP contribution in [0.5, 0.6) is 0 Å². The van der Waals surface area contributed by atoms with Crippen molar-refractivity contribution >= 4 is 22.5 Å². The first-order chi connectivity index (χ1) is 13.5. The van der Waals surface area contributed by atoms with Crippen molar-refractivity contribution in [1.82, 2.24) is 4.57 Å². The number of fused-ring (bicyclic) bond motifs is 1. The van der Waals surface area contributed by atoms with E-state index in [9.17, 15) is 13.6 Å². The fourth-order valence-electron chi connectivity index (χ4n) is 3.31. The van der Waals surface area contributed by atoms with Gasteiger partial charge in [0.25, 0.3) is 5.91 Å². The fourth-order valence-corrected chi connectivity index (χ4v) is 3.31. The van der Waals surface area contributed by atoms with E-state index < -0.39 is 11.6 Å². The summed E-state index contributed by atoms with van der Waals surface area (Å²) < 4.78 is 28.8. The molecule has 0 N–H and O–H groups in total. The number of para-hydroxylation sites is 1. The number of halogens is 2. The monoisotopic (exact) mass is 376 g/mol. The first-order valence-electron chi connectivity index (χ1n) is 8.90. The van der Waals surface area contributed by atoms with Crippen molar-refractivity contribution < 1.29 is 13.6 Å². The Labute approximate surface area is 161 Å². The van der Waals surface area contributed by atoms with Gasteiger partial charge in [0.05, 0.1) is 0 Å². The minimum atomic E-state index is -0.984. The van der Waals surface area contributed by atoms with Gasteiger partial charge in [-0.05, 0) is 29.8 Å². The molecule has 0 unspecified atom stereocenters. The van der Waals surface area contributed by atoms with Crippen molar-refractivity contribution in [3.05, 3.63) is 102 Å². The van der Waals surface area contributed by atoms with Crippen molar-refractivity contribution in [2.45, 2.75) is 6.54 Å². The number of carbonyl (C=O) groups excluding carboxylic acids is 1. The third-order valence-corrected chi connectivity index (χ3v) is 4.81. The lowest BCUT2D eigenvalue weighted by molar-refractivity contribution is 0.0985. The van der Waals surface area contributed by atoms with E-state index >= 15 is 0 Å². The molecule has 5 heteroatoms. The summed E-state index contributed by atoms with van der Waals surface area (Å²) in [6.07, 6.45) is 0. The van der Waals surface area contributed by atoms with Crippen LogP contribution in [0.2, 0.25) is 0 Å². The number of nitrogens with zero attached hydrogens (tertiary/aromatic N) is 2. The molecule has 0 aliphatic carbocycles. The molecule has 0 fully saturated rings. The van der Waals surface area contributed by atoms with Gasteiger partial charge in [0, 0.05) is 36.2 Å². The smallest absolute Gasteiger partial charge is 0.274 e. The zero-order chi connectivity index (χ0) is 19.7. The van der Waals surface area contributed by atoms with Crippen molar-refractivity contribution in [2.75, 3.05) is 11.9 Å². The molecule has 0 atom stereocenters. The Morgan fingerprint density at radius 3 is 2.36 bits per heavy atom. The lowest BCUT2D eigenvalue weighted by Crippen LogP contribution is -2.28. The second-order valence-electron chi connectivity index (χ2n) is 6.62. The summed E-state index contributed by atoms with van der Waals surface area (Å²) in [6, 6.07) is 22.9. The van der Waals surface area contributed by atoms with E-state index in [0.29, 0.717) is 17.9 Å². The predicted octanol–water partition coefficient (Wildman–Crippen LogP) is 5.24. The summed E-state index contributed by atoms with van der Waals surface area (Å²) in [5, 5.41) is 0.945. The average Bonchev–Trinajstić information content (AvgIpc) is 3.08. The lowest BCUT2D eigenvalue weighted by Gasteiger charge is -2.19. The van der Waals surface area contributed by atoms with E-state index in [4.69, 9.17) is 0 Å². The first-order valence-corrected chi connectivity index (χ1v) is 8.90. The minimum Gasteiger partial charge on any atom is -0.332 e. The summed E-state index contributed by atoms with van der Waals surface area (Å²) >= 11 is 0. The molecular weight excluding hydrogens is 358 g/mol. The Morgan fingerprint density at radius 1 is 0.893 bits per heavy atom. The number of hydrogen-bond donors (Lipinski definition) is 0. The van der Waals surface area contributed by atoms with E-state index in [1.807, 2.05) is 65.2 Å². The van der Waals surface area contributed by atoms with Gasteiger partial charge >= 0.3 is 0 Å². The van der Waals surface area contributed by atoms with Crippen LogP contribution in [0.4, 0.5) is 14.5 Å².